The molecule has 0 aromatic heterocycles. The van der Waals surface area contributed by atoms with Crippen molar-refractivity contribution in [1.82, 2.24) is 0 Å². The molecule has 7 heteroatoms. The molecule has 0 bridgehead atoms. The van der Waals surface area contributed by atoms with E-state index in [1.165, 1.54) is 6.92 Å². The van der Waals surface area contributed by atoms with Gasteiger partial charge < -0.3 is 4.74 Å². The van der Waals surface area contributed by atoms with Gasteiger partial charge in [0.1, 0.15) is 0 Å². The molecule has 1 aromatic carbocycles. The number of halogens is 1. The fourth-order valence-electron chi connectivity index (χ4n) is 1.59. The van der Waals surface area contributed by atoms with Gasteiger partial charge in [-0.15, -0.1) is 0 Å². The first-order chi connectivity index (χ1) is 8.69. The summed E-state index contributed by atoms with van der Waals surface area (Å²) in [6.07, 6.45) is 0. The maximum Gasteiger partial charge on any atom is 0.325 e. The summed E-state index contributed by atoms with van der Waals surface area (Å²) in [4.78, 5) is 11.3. The van der Waals surface area contributed by atoms with Crippen LogP contribution >= 0.6 is 15.9 Å². The number of carbonyl (C=O) groups excluding carboxylic acids is 1. The molecular weight excluding hydrogens is 334 g/mol. The molecule has 0 heterocycles. The Kier molecular flexibility index (Phi) is 4.98. The van der Waals surface area contributed by atoms with Gasteiger partial charge in [0.05, 0.1) is 12.8 Å². The van der Waals surface area contributed by atoms with Crippen LogP contribution in [0, 0.1) is 13.8 Å². The molecule has 5 nitrogen and oxygen atoms in total. The molecule has 0 aliphatic rings. The second-order valence-corrected chi connectivity index (χ2v) is 7.14. The highest BCUT2D eigenvalue weighted by Gasteiger charge is 2.29. The number of anilines is 1. The fraction of sp³-hybridized carbons (Fsp3) is 0.417. The van der Waals surface area contributed by atoms with Gasteiger partial charge in [-0.05, 0) is 44.0 Å². The summed E-state index contributed by atoms with van der Waals surface area (Å²) in [6, 6.07) is 3.60. The first-order valence-electron chi connectivity index (χ1n) is 5.55. The van der Waals surface area contributed by atoms with E-state index in [0.717, 1.165) is 22.7 Å². The monoisotopic (exact) mass is 349 g/mol. The fourth-order valence-corrected chi connectivity index (χ4v) is 3.41. The number of ether oxygens (including phenoxy) is 1. The zero-order valence-electron chi connectivity index (χ0n) is 11.2. The highest BCUT2D eigenvalue weighted by Crippen LogP contribution is 2.26. The van der Waals surface area contributed by atoms with Crippen molar-refractivity contribution in [2.75, 3.05) is 11.8 Å². The molecule has 0 saturated carbocycles. The Morgan fingerprint density at radius 1 is 1.32 bits per heavy atom. The van der Waals surface area contributed by atoms with E-state index in [9.17, 15) is 13.2 Å². The number of hydrogen-bond acceptors (Lipinski definition) is 4. The highest BCUT2D eigenvalue weighted by molar-refractivity contribution is 9.10. The molecule has 0 fully saturated rings. The molecule has 1 atom stereocenters. The number of rotatable bonds is 4. The number of hydrogen-bond donors (Lipinski definition) is 1. The van der Waals surface area contributed by atoms with Gasteiger partial charge in [0.15, 0.2) is 5.25 Å². The van der Waals surface area contributed by atoms with Crippen LogP contribution < -0.4 is 4.72 Å². The van der Waals surface area contributed by atoms with Crippen molar-refractivity contribution < 1.29 is 17.9 Å². The number of esters is 1. The lowest BCUT2D eigenvalue weighted by atomic mass is 10.1. The molecule has 19 heavy (non-hydrogen) atoms. The van der Waals surface area contributed by atoms with Crippen LogP contribution in [-0.4, -0.2) is 26.7 Å². The smallest absolute Gasteiger partial charge is 0.325 e. The summed E-state index contributed by atoms with van der Waals surface area (Å²) >= 11 is 3.34. The average molecular weight is 350 g/mol. The molecule has 106 valence electrons. The Labute approximate surface area is 121 Å². The number of sulfonamides is 1. The molecule has 0 radical (unpaired) electrons. The zero-order valence-corrected chi connectivity index (χ0v) is 13.6. The summed E-state index contributed by atoms with van der Waals surface area (Å²) in [5, 5.41) is -1.26. The van der Waals surface area contributed by atoms with Gasteiger partial charge >= 0.3 is 5.97 Å². The normalized spacial score (nSPS) is 12.9. The predicted molar refractivity (Wildman–Crippen MR) is 77.6 cm³/mol. The molecule has 0 aliphatic carbocycles. The van der Waals surface area contributed by atoms with E-state index < -0.39 is 21.2 Å². The van der Waals surface area contributed by atoms with Crippen molar-refractivity contribution in [2.45, 2.75) is 26.0 Å². The van der Waals surface area contributed by atoms with Crippen LogP contribution in [0.3, 0.4) is 0 Å². The largest absolute Gasteiger partial charge is 0.468 e. The van der Waals surface area contributed by atoms with Crippen molar-refractivity contribution in [3.63, 3.8) is 0 Å². The van der Waals surface area contributed by atoms with Crippen LogP contribution in [0.4, 0.5) is 5.69 Å². The van der Waals surface area contributed by atoms with E-state index in [0.29, 0.717) is 5.69 Å². The molecule has 0 spiro atoms. The number of carbonyl (C=O) groups is 1. The third kappa shape index (κ3) is 3.70. The van der Waals surface area contributed by atoms with Gasteiger partial charge in [-0.2, -0.15) is 0 Å². The Bertz CT molecular complexity index is 575. The lowest BCUT2D eigenvalue weighted by Crippen LogP contribution is -2.33. The maximum atomic E-state index is 12.1. The summed E-state index contributed by atoms with van der Waals surface area (Å²) in [5.74, 6) is -0.792. The minimum Gasteiger partial charge on any atom is -0.468 e. The Morgan fingerprint density at radius 3 is 2.21 bits per heavy atom. The van der Waals surface area contributed by atoms with Crippen molar-refractivity contribution in [2.24, 2.45) is 0 Å². The van der Waals surface area contributed by atoms with E-state index >= 15 is 0 Å². The number of benzene rings is 1. The predicted octanol–water partition coefficient (Wildman–Crippen LogP) is 2.37. The summed E-state index contributed by atoms with van der Waals surface area (Å²) in [6.45, 7) is 4.87. The molecule has 1 rings (SSSR count). The molecule has 1 unspecified atom stereocenters. The van der Waals surface area contributed by atoms with Gasteiger partial charge in [-0.1, -0.05) is 15.9 Å². The SMILES string of the molecule is COC(=O)C(C)S(=O)(=O)Nc1c(C)cc(Br)cc1C. The molecule has 0 saturated heterocycles. The van der Waals surface area contributed by atoms with E-state index in [-0.39, 0.29) is 0 Å². The van der Waals surface area contributed by atoms with E-state index in [1.54, 1.807) is 26.0 Å². The first kappa shape index (κ1) is 16.0. The van der Waals surface area contributed by atoms with Crippen LogP contribution in [0.15, 0.2) is 16.6 Å². The van der Waals surface area contributed by atoms with Gasteiger partial charge in [0.25, 0.3) is 0 Å². The summed E-state index contributed by atoms with van der Waals surface area (Å²) < 4.78 is 31.9. The Balaban J connectivity index is 3.13. The van der Waals surface area contributed by atoms with E-state index in [4.69, 9.17) is 0 Å². The number of methoxy groups -OCH3 is 1. The third-order valence-corrected chi connectivity index (χ3v) is 4.81. The van der Waals surface area contributed by atoms with Crippen LogP contribution in [0.1, 0.15) is 18.1 Å². The zero-order chi connectivity index (χ0) is 14.8. The van der Waals surface area contributed by atoms with Gasteiger partial charge in [-0.25, -0.2) is 8.42 Å². The lowest BCUT2D eigenvalue weighted by Gasteiger charge is -2.16. The van der Waals surface area contributed by atoms with E-state index in [1.807, 2.05) is 0 Å². The van der Waals surface area contributed by atoms with Crippen molar-refractivity contribution in [3.8, 4) is 0 Å². The quantitative estimate of drug-likeness (QED) is 0.847. The highest BCUT2D eigenvalue weighted by atomic mass is 79.9. The molecular formula is C12H16BrNO4S. The van der Waals surface area contributed by atoms with Gasteiger partial charge in [0, 0.05) is 4.47 Å². The van der Waals surface area contributed by atoms with Crippen molar-refractivity contribution in [3.05, 3.63) is 27.7 Å². The molecule has 0 amide bonds. The third-order valence-electron chi connectivity index (χ3n) is 2.74. The van der Waals surface area contributed by atoms with Crippen LogP contribution in [0.2, 0.25) is 0 Å². The minimum absolute atomic E-state index is 0.485. The van der Waals surface area contributed by atoms with Crippen molar-refractivity contribution in [1.29, 1.82) is 0 Å². The Morgan fingerprint density at radius 2 is 1.79 bits per heavy atom. The topological polar surface area (TPSA) is 72.5 Å². The second kappa shape index (κ2) is 5.92. The first-order valence-corrected chi connectivity index (χ1v) is 7.89. The molecule has 1 N–H and O–H groups in total. The van der Waals surface area contributed by atoms with Crippen LogP contribution in [-0.2, 0) is 19.6 Å². The van der Waals surface area contributed by atoms with Gasteiger partial charge in [-0.3, -0.25) is 9.52 Å². The molecule has 0 aliphatic heterocycles. The minimum atomic E-state index is -3.82. The summed E-state index contributed by atoms with van der Waals surface area (Å²) in [7, 11) is -2.67. The number of nitrogens with one attached hydrogen (secondary N) is 1. The summed E-state index contributed by atoms with van der Waals surface area (Å²) in [5.41, 5.74) is 2.03. The second-order valence-electron chi connectivity index (χ2n) is 4.23. The van der Waals surface area contributed by atoms with E-state index in [2.05, 4.69) is 25.4 Å². The maximum absolute atomic E-state index is 12.1. The lowest BCUT2D eigenvalue weighted by molar-refractivity contribution is -0.139. The van der Waals surface area contributed by atoms with Crippen LogP contribution in [0.5, 0.6) is 0 Å². The molecule has 1 aromatic rings. The van der Waals surface area contributed by atoms with Gasteiger partial charge in [0.2, 0.25) is 10.0 Å². The van der Waals surface area contributed by atoms with Crippen LogP contribution in [0.25, 0.3) is 0 Å². The standard InChI is InChI=1S/C12H16BrNO4S/c1-7-5-10(13)6-8(2)11(7)14-19(16,17)9(3)12(15)18-4/h5-6,9,14H,1-4H3. The Hall–Kier alpha value is -1.08. The number of aryl methyl sites for hydroxylation is 2. The average Bonchev–Trinajstić information content (AvgIpc) is 2.31. The van der Waals surface area contributed by atoms with Crippen molar-refractivity contribution >= 4 is 37.6 Å².